The van der Waals surface area contributed by atoms with E-state index in [-0.39, 0.29) is 5.41 Å². The molecule has 0 spiro atoms. The highest BCUT2D eigenvalue weighted by Gasteiger charge is 2.46. The Labute approximate surface area is 83.0 Å². The van der Waals surface area contributed by atoms with Crippen molar-refractivity contribution >= 4 is 27.3 Å². The van der Waals surface area contributed by atoms with Crippen LogP contribution in [0.1, 0.15) is 18.5 Å². The fourth-order valence-electron chi connectivity index (χ4n) is 1.28. The number of halogens is 1. The molecule has 1 aliphatic carbocycles. The molecule has 66 valence electrons. The van der Waals surface area contributed by atoms with Gasteiger partial charge in [-0.1, -0.05) is 0 Å². The zero-order chi connectivity index (χ0) is 8.60. The van der Waals surface area contributed by atoms with E-state index in [0.29, 0.717) is 6.61 Å². The van der Waals surface area contributed by atoms with Gasteiger partial charge in [-0.05, 0) is 28.8 Å². The van der Waals surface area contributed by atoms with Gasteiger partial charge in [-0.15, -0.1) is 11.3 Å². The Morgan fingerprint density at radius 3 is 2.92 bits per heavy atom. The molecule has 0 aliphatic heterocycles. The molecule has 1 aromatic heterocycles. The van der Waals surface area contributed by atoms with Gasteiger partial charge in [0.05, 0.1) is 12.3 Å². The lowest BCUT2D eigenvalue weighted by Gasteiger charge is -2.08. The first-order valence-electron chi connectivity index (χ1n) is 3.70. The maximum absolute atomic E-state index is 5.06. The lowest BCUT2D eigenvalue weighted by molar-refractivity contribution is 0.115. The van der Waals surface area contributed by atoms with Gasteiger partial charge >= 0.3 is 0 Å². The number of hydrogen-bond acceptors (Lipinski definition) is 4. The molecule has 2 N–H and O–H groups in total. The monoisotopic (exact) mass is 248 g/mol. The number of nitrogens with zero attached hydrogens (tertiary/aromatic N) is 1. The predicted molar refractivity (Wildman–Crippen MR) is 50.9 cm³/mol. The molecule has 0 amide bonds. The van der Waals surface area contributed by atoms with Crippen LogP contribution in [-0.4, -0.2) is 11.6 Å². The van der Waals surface area contributed by atoms with E-state index in [2.05, 4.69) is 31.1 Å². The van der Waals surface area contributed by atoms with Crippen molar-refractivity contribution in [3.8, 4) is 0 Å². The average molecular weight is 249 g/mol. The lowest BCUT2D eigenvalue weighted by Crippen LogP contribution is -2.18. The summed E-state index contributed by atoms with van der Waals surface area (Å²) in [5.41, 5.74) is 1.25. The molecule has 1 heterocycles. The van der Waals surface area contributed by atoms with Crippen LogP contribution in [0.5, 0.6) is 0 Å². The van der Waals surface area contributed by atoms with Crippen molar-refractivity contribution in [2.24, 2.45) is 5.90 Å². The van der Waals surface area contributed by atoms with E-state index in [1.807, 2.05) is 0 Å². The summed E-state index contributed by atoms with van der Waals surface area (Å²) < 4.78 is 0.931. The lowest BCUT2D eigenvalue weighted by atomic mass is 10.1. The zero-order valence-electron chi connectivity index (χ0n) is 6.42. The minimum Gasteiger partial charge on any atom is -0.304 e. The molecule has 3 nitrogen and oxygen atoms in total. The number of hydrogen-bond donors (Lipinski definition) is 1. The standard InChI is InChI=1S/C7H9BrN2OS/c8-6-10-5(3-12-6)7(1-2-7)4-11-9/h3H,1-2,4,9H2. The average Bonchev–Trinajstić information content (AvgIpc) is 2.69. The Hall–Kier alpha value is 0.0300. The number of nitrogens with two attached hydrogens (primary N) is 1. The second-order valence-corrected chi connectivity index (χ2v) is 5.21. The summed E-state index contributed by atoms with van der Waals surface area (Å²) >= 11 is 4.95. The smallest absolute Gasteiger partial charge is 0.159 e. The predicted octanol–water partition coefficient (Wildman–Crippen LogP) is 1.83. The molecule has 0 atom stereocenters. The Morgan fingerprint density at radius 2 is 2.50 bits per heavy atom. The number of aromatic nitrogens is 1. The van der Waals surface area contributed by atoms with Crippen LogP contribution in [0.25, 0.3) is 0 Å². The summed E-state index contributed by atoms with van der Waals surface area (Å²) in [6.07, 6.45) is 2.28. The molecule has 0 saturated heterocycles. The van der Waals surface area contributed by atoms with Crippen LogP contribution < -0.4 is 5.90 Å². The van der Waals surface area contributed by atoms with Crippen molar-refractivity contribution < 1.29 is 4.84 Å². The molecule has 0 unspecified atom stereocenters. The molecule has 5 heteroatoms. The van der Waals surface area contributed by atoms with E-state index in [1.54, 1.807) is 11.3 Å². The van der Waals surface area contributed by atoms with Gasteiger partial charge in [0.2, 0.25) is 0 Å². The van der Waals surface area contributed by atoms with Gasteiger partial charge in [-0.2, -0.15) is 0 Å². The van der Waals surface area contributed by atoms with Gasteiger partial charge in [0.25, 0.3) is 0 Å². The van der Waals surface area contributed by atoms with Crippen molar-refractivity contribution in [1.29, 1.82) is 0 Å². The number of rotatable bonds is 3. The van der Waals surface area contributed by atoms with Crippen LogP contribution in [-0.2, 0) is 10.3 Å². The van der Waals surface area contributed by atoms with Crippen LogP contribution in [0.3, 0.4) is 0 Å². The van der Waals surface area contributed by atoms with Gasteiger partial charge in [-0.25, -0.2) is 10.9 Å². The van der Waals surface area contributed by atoms with Gasteiger partial charge in [-0.3, -0.25) is 0 Å². The van der Waals surface area contributed by atoms with E-state index < -0.39 is 0 Å². The third kappa shape index (κ3) is 1.42. The normalized spacial score (nSPS) is 19.5. The van der Waals surface area contributed by atoms with Crippen molar-refractivity contribution in [3.63, 3.8) is 0 Å². The summed E-state index contributed by atoms with van der Waals surface area (Å²) in [5.74, 6) is 5.06. The van der Waals surface area contributed by atoms with Gasteiger partial charge in [0.15, 0.2) is 3.92 Å². The molecule has 2 rings (SSSR count). The van der Waals surface area contributed by atoms with Crippen LogP contribution in [0.15, 0.2) is 9.30 Å². The van der Waals surface area contributed by atoms with Crippen molar-refractivity contribution in [2.45, 2.75) is 18.3 Å². The SMILES string of the molecule is NOCC1(c2csc(Br)n2)CC1. The van der Waals surface area contributed by atoms with Crippen LogP contribution in [0.4, 0.5) is 0 Å². The first kappa shape index (κ1) is 8.62. The van der Waals surface area contributed by atoms with Gasteiger partial charge < -0.3 is 4.84 Å². The van der Waals surface area contributed by atoms with Crippen LogP contribution in [0.2, 0.25) is 0 Å². The van der Waals surface area contributed by atoms with Crippen LogP contribution >= 0.6 is 27.3 Å². The van der Waals surface area contributed by atoms with E-state index in [9.17, 15) is 0 Å². The highest BCUT2D eigenvalue weighted by atomic mass is 79.9. The zero-order valence-corrected chi connectivity index (χ0v) is 8.82. The first-order chi connectivity index (χ1) is 5.77. The van der Waals surface area contributed by atoms with E-state index in [1.165, 1.54) is 0 Å². The summed E-state index contributed by atoms with van der Waals surface area (Å²) in [7, 11) is 0. The summed E-state index contributed by atoms with van der Waals surface area (Å²) in [6, 6.07) is 0. The largest absolute Gasteiger partial charge is 0.304 e. The minimum atomic E-state index is 0.136. The summed E-state index contributed by atoms with van der Waals surface area (Å²) in [5, 5.41) is 2.07. The van der Waals surface area contributed by atoms with Crippen LogP contribution in [0, 0.1) is 0 Å². The Bertz CT molecular complexity index is 285. The Kier molecular flexibility index (Phi) is 2.20. The third-order valence-corrected chi connectivity index (χ3v) is 3.60. The van der Waals surface area contributed by atoms with E-state index >= 15 is 0 Å². The first-order valence-corrected chi connectivity index (χ1v) is 5.37. The molecule has 0 bridgehead atoms. The molecule has 1 fully saturated rings. The maximum atomic E-state index is 5.06. The molecule has 1 aliphatic rings. The number of thiazole rings is 1. The second-order valence-electron chi connectivity index (χ2n) is 3.08. The summed E-state index contributed by atoms with van der Waals surface area (Å²) in [4.78, 5) is 9.05. The highest BCUT2D eigenvalue weighted by Crippen LogP contribution is 2.48. The maximum Gasteiger partial charge on any atom is 0.159 e. The molecule has 1 saturated carbocycles. The minimum absolute atomic E-state index is 0.136. The fourth-order valence-corrected chi connectivity index (χ4v) is 2.41. The third-order valence-electron chi connectivity index (χ3n) is 2.23. The summed E-state index contributed by atoms with van der Waals surface area (Å²) in [6.45, 7) is 0.586. The fraction of sp³-hybridized carbons (Fsp3) is 0.571. The van der Waals surface area contributed by atoms with Crippen molar-refractivity contribution in [3.05, 3.63) is 15.0 Å². The highest BCUT2D eigenvalue weighted by molar-refractivity contribution is 9.11. The quantitative estimate of drug-likeness (QED) is 0.831. The Morgan fingerprint density at radius 1 is 1.75 bits per heavy atom. The topological polar surface area (TPSA) is 48.1 Å². The molecule has 12 heavy (non-hydrogen) atoms. The van der Waals surface area contributed by atoms with E-state index in [4.69, 9.17) is 5.90 Å². The van der Waals surface area contributed by atoms with Crippen molar-refractivity contribution in [1.82, 2.24) is 4.98 Å². The molecule has 0 aromatic carbocycles. The van der Waals surface area contributed by atoms with E-state index in [0.717, 1.165) is 22.5 Å². The molecular formula is C7H9BrN2OS. The van der Waals surface area contributed by atoms with Crippen molar-refractivity contribution in [2.75, 3.05) is 6.61 Å². The molecule has 1 aromatic rings. The molecule has 0 radical (unpaired) electrons. The molecular weight excluding hydrogens is 240 g/mol. The van der Waals surface area contributed by atoms with Gasteiger partial charge in [0.1, 0.15) is 0 Å². The second kappa shape index (κ2) is 3.06. The van der Waals surface area contributed by atoms with Gasteiger partial charge in [0, 0.05) is 10.8 Å². The Balaban J connectivity index is 2.18.